The van der Waals surface area contributed by atoms with E-state index < -0.39 is 0 Å². The van der Waals surface area contributed by atoms with Crippen LogP contribution in [0.2, 0.25) is 0 Å². The van der Waals surface area contributed by atoms with E-state index in [1.54, 1.807) is 0 Å². The molecule has 0 radical (unpaired) electrons. The number of rotatable bonds is 4. The van der Waals surface area contributed by atoms with Crippen LogP contribution in [-0.2, 0) is 19.1 Å². The number of hydrogen-bond acceptors (Lipinski definition) is 4. The second-order valence-electron chi connectivity index (χ2n) is 4.38. The molecule has 1 aliphatic rings. The number of nitrogens with one attached hydrogen (secondary N) is 1. The van der Waals surface area contributed by atoms with Gasteiger partial charge in [-0.2, -0.15) is 0 Å². The molecule has 6 heteroatoms. The lowest BCUT2D eigenvalue weighted by Gasteiger charge is -2.20. The van der Waals surface area contributed by atoms with E-state index in [1.165, 1.54) is 20.1 Å². The molecular formula is C14H24N2O4. The van der Waals surface area contributed by atoms with Gasteiger partial charge in [0.2, 0.25) is 11.8 Å². The summed E-state index contributed by atoms with van der Waals surface area (Å²) in [7, 11) is 1.35. The van der Waals surface area contributed by atoms with Crippen molar-refractivity contribution < 1.29 is 19.1 Å². The fraction of sp³-hybridized carbons (Fsp3) is 0.643. The molecule has 114 valence electrons. The van der Waals surface area contributed by atoms with Gasteiger partial charge in [0.1, 0.15) is 0 Å². The van der Waals surface area contributed by atoms with Gasteiger partial charge in [0.05, 0.1) is 7.11 Å². The zero-order valence-corrected chi connectivity index (χ0v) is 12.3. The zero-order chi connectivity index (χ0) is 15.4. The Labute approximate surface area is 120 Å². The lowest BCUT2D eigenvalue weighted by Crippen LogP contribution is -2.37. The minimum absolute atomic E-state index is 0.183. The Kier molecular flexibility index (Phi) is 10.00. The maximum Gasteiger partial charge on any atom is 0.302 e. The fourth-order valence-electron chi connectivity index (χ4n) is 1.66. The highest BCUT2D eigenvalue weighted by atomic mass is 16.5. The third-order valence-electron chi connectivity index (χ3n) is 2.83. The highest BCUT2D eigenvalue weighted by molar-refractivity contribution is 5.86. The second kappa shape index (κ2) is 11.0. The second-order valence-corrected chi connectivity index (χ2v) is 4.38. The quantitative estimate of drug-likeness (QED) is 0.614. The number of ether oxygens (including phenoxy) is 1. The first-order valence-corrected chi connectivity index (χ1v) is 6.73. The van der Waals surface area contributed by atoms with E-state index in [1.807, 2.05) is 4.90 Å². The van der Waals surface area contributed by atoms with Crippen LogP contribution in [0.5, 0.6) is 0 Å². The van der Waals surface area contributed by atoms with Crippen LogP contribution in [0.4, 0.5) is 0 Å². The molecule has 1 N–H and O–H groups in total. The first-order valence-electron chi connectivity index (χ1n) is 6.73. The molecule has 0 unspecified atom stereocenters. The summed E-state index contributed by atoms with van der Waals surface area (Å²) in [6.07, 6.45) is 5.08. The molecule has 1 fully saturated rings. The molecule has 2 amide bonds. The van der Waals surface area contributed by atoms with Gasteiger partial charge < -0.3 is 15.0 Å². The molecule has 6 nitrogen and oxygen atoms in total. The standard InChI is InChI=1S/C11H18N2O2.C3H6O2/c1-2-10(14)12-7-9-13-8-5-3-4-6-11(13)15;1-3(4)5-2/h2H,1,3-9H2,(H,12,14);1-2H3. The Morgan fingerprint density at radius 1 is 1.40 bits per heavy atom. The zero-order valence-electron chi connectivity index (χ0n) is 12.3. The van der Waals surface area contributed by atoms with Crippen molar-refractivity contribution in [2.24, 2.45) is 0 Å². The van der Waals surface area contributed by atoms with Crippen molar-refractivity contribution in [1.82, 2.24) is 10.2 Å². The van der Waals surface area contributed by atoms with Crippen molar-refractivity contribution in [2.45, 2.75) is 32.6 Å². The van der Waals surface area contributed by atoms with Crippen LogP contribution in [0.15, 0.2) is 12.7 Å². The number of nitrogens with zero attached hydrogens (tertiary/aromatic N) is 1. The van der Waals surface area contributed by atoms with E-state index >= 15 is 0 Å². The summed E-state index contributed by atoms with van der Waals surface area (Å²) in [5.74, 6) is -0.220. The molecule has 0 atom stereocenters. The summed E-state index contributed by atoms with van der Waals surface area (Å²) in [4.78, 5) is 33.8. The third kappa shape index (κ3) is 9.13. The smallest absolute Gasteiger partial charge is 0.302 e. The van der Waals surface area contributed by atoms with E-state index in [9.17, 15) is 14.4 Å². The van der Waals surface area contributed by atoms with Gasteiger partial charge >= 0.3 is 5.97 Å². The maximum absolute atomic E-state index is 11.6. The van der Waals surface area contributed by atoms with E-state index in [0.29, 0.717) is 19.5 Å². The fourth-order valence-corrected chi connectivity index (χ4v) is 1.66. The minimum Gasteiger partial charge on any atom is -0.469 e. The molecule has 0 aromatic rings. The number of carbonyl (C=O) groups is 3. The summed E-state index contributed by atoms with van der Waals surface area (Å²) in [6, 6.07) is 0. The van der Waals surface area contributed by atoms with E-state index in [-0.39, 0.29) is 17.8 Å². The summed E-state index contributed by atoms with van der Waals surface area (Å²) in [5, 5.41) is 2.67. The summed E-state index contributed by atoms with van der Waals surface area (Å²) in [5.41, 5.74) is 0. The van der Waals surface area contributed by atoms with E-state index in [0.717, 1.165) is 25.8 Å². The molecular weight excluding hydrogens is 260 g/mol. The summed E-state index contributed by atoms with van der Waals surface area (Å²) in [6.45, 7) is 6.67. The normalized spacial score (nSPS) is 14.5. The maximum atomic E-state index is 11.6. The van der Waals surface area contributed by atoms with Crippen molar-refractivity contribution in [3.63, 3.8) is 0 Å². The van der Waals surface area contributed by atoms with Gasteiger partial charge in [-0.25, -0.2) is 0 Å². The molecule has 1 heterocycles. The molecule has 0 aromatic heterocycles. The van der Waals surface area contributed by atoms with Crippen molar-refractivity contribution >= 4 is 17.8 Å². The van der Waals surface area contributed by atoms with Crippen molar-refractivity contribution in [3.05, 3.63) is 12.7 Å². The summed E-state index contributed by atoms with van der Waals surface area (Å²) < 4.78 is 4.11. The number of hydrogen-bond donors (Lipinski definition) is 1. The predicted molar refractivity (Wildman–Crippen MR) is 75.9 cm³/mol. The van der Waals surface area contributed by atoms with Crippen LogP contribution in [0.25, 0.3) is 0 Å². The predicted octanol–water partition coefficient (Wildman–Crippen LogP) is 0.870. The van der Waals surface area contributed by atoms with Crippen LogP contribution < -0.4 is 5.32 Å². The molecule has 0 saturated carbocycles. The van der Waals surface area contributed by atoms with Gasteiger partial charge in [-0.3, -0.25) is 14.4 Å². The number of esters is 1. The Morgan fingerprint density at radius 2 is 2.05 bits per heavy atom. The molecule has 0 spiro atoms. The Balaban J connectivity index is 0.000000621. The first kappa shape index (κ1) is 18.1. The van der Waals surface area contributed by atoms with Crippen molar-refractivity contribution in [1.29, 1.82) is 0 Å². The largest absolute Gasteiger partial charge is 0.469 e. The molecule has 1 saturated heterocycles. The monoisotopic (exact) mass is 284 g/mol. The molecule has 0 bridgehead atoms. The molecule has 0 aliphatic carbocycles. The highest BCUT2D eigenvalue weighted by Crippen LogP contribution is 2.10. The van der Waals surface area contributed by atoms with Gasteiger partial charge in [-0.05, 0) is 18.9 Å². The van der Waals surface area contributed by atoms with Crippen molar-refractivity contribution in [3.8, 4) is 0 Å². The third-order valence-corrected chi connectivity index (χ3v) is 2.83. The molecule has 20 heavy (non-hydrogen) atoms. The Hall–Kier alpha value is -1.85. The number of carbonyl (C=O) groups excluding carboxylic acids is 3. The van der Waals surface area contributed by atoms with Crippen LogP contribution in [0.3, 0.4) is 0 Å². The van der Waals surface area contributed by atoms with Crippen molar-refractivity contribution in [2.75, 3.05) is 26.7 Å². The van der Waals surface area contributed by atoms with Gasteiger partial charge in [0.25, 0.3) is 0 Å². The Bertz CT molecular complexity index is 342. The SMILES string of the molecule is C=CC(=O)NCCN1CCCCCC1=O.COC(C)=O. The minimum atomic E-state index is -0.245. The van der Waals surface area contributed by atoms with Gasteiger partial charge in [-0.1, -0.05) is 13.0 Å². The molecule has 0 aromatic carbocycles. The van der Waals surface area contributed by atoms with Crippen LogP contribution in [-0.4, -0.2) is 49.4 Å². The summed E-state index contributed by atoms with van der Waals surface area (Å²) >= 11 is 0. The van der Waals surface area contributed by atoms with Gasteiger partial charge in [0.15, 0.2) is 0 Å². The van der Waals surface area contributed by atoms with Crippen LogP contribution in [0, 0.1) is 0 Å². The van der Waals surface area contributed by atoms with Crippen LogP contribution in [0.1, 0.15) is 32.6 Å². The average Bonchev–Trinajstić information content (AvgIpc) is 2.64. The van der Waals surface area contributed by atoms with E-state index in [4.69, 9.17) is 0 Å². The van der Waals surface area contributed by atoms with E-state index in [2.05, 4.69) is 16.6 Å². The van der Waals surface area contributed by atoms with Gasteiger partial charge in [-0.15, -0.1) is 0 Å². The lowest BCUT2D eigenvalue weighted by atomic mass is 10.2. The molecule has 1 rings (SSSR count). The molecule has 1 aliphatic heterocycles. The first-order chi connectivity index (χ1) is 9.51. The topological polar surface area (TPSA) is 75.7 Å². The highest BCUT2D eigenvalue weighted by Gasteiger charge is 2.15. The van der Waals surface area contributed by atoms with Crippen LogP contribution >= 0.6 is 0 Å². The number of methoxy groups -OCH3 is 1. The number of likely N-dealkylation sites (tertiary alicyclic amines) is 1. The lowest BCUT2D eigenvalue weighted by molar-refractivity contribution is -0.138. The average molecular weight is 284 g/mol. The van der Waals surface area contributed by atoms with Gasteiger partial charge in [0, 0.05) is 33.0 Å². The number of amides is 2. The Morgan fingerprint density at radius 3 is 2.60 bits per heavy atom.